The molecule has 0 spiro atoms. The summed E-state index contributed by atoms with van der Waals surface area (Å²) < 4.78 is 1.84. The van der Waals surface area contributed by atoms with Crippen LogP contribution in [0.15, 0.2) is 12.3 Å². The van der Waals surface area contributed by atoms with Gasteiger partial charge in [-0.1, -0.05) is 6.92 Å². The zero-order valence-corrected chi connectivity index (χ0v) is 6.66. The Morgan fingerprint density at radius 3 is 2.73 bits per heavy atom. The molecule has 0 bridgehead atoms. The topological polar surface area (TPSA) is 42.2 Å². The first-order valence-corrected chi connectivity index (χ1v) is 3.54. The van der Waals surface area contributed by atoms with Gasteiger partial charge in [-0.2, -0.15) is 0 Å². The van der Waals surface area contributed by atoms with Gasteiger partial charge < -0.3 is 9.67 Å². The van der Waals surface area contributed by atoms with Crippen LogP contribution in [0.3, 0.4) is 0 Å². The van der Waals surface area contributed by atoms with E-state index in [9.17, 15) is 4.79 Å². The van der Waals surface area contributed by atoms with Crippen molar-refractivity contribution < 1.29 is 9.90 Å². The summed E-state index contributed by atoms with van der Waals surface area (Å²) in [6.45, 7) is 1.95. The fourth-order valence-electron chi connectivity index (χ4n) is 1.20. The Bertz CT molecular complexity index is 276. The number of aryl methyl sites for hydroxylation is 1. The largest absolute Gasteiger partial charge is 0.478 e. The van der Waals surface area contributed by atoms with Gasteiger partial charge >= 0.3 is 5.97 Å². The molecule has 0 saturated carbocycles. The molecule has 0 aliphatic carbocycles. The molecule has 1 heterocycles. The minimum Gasteiger partial charge on any atom is -0.478 e. The van der Waals surface area contributed by atoms with Gasteiger partial charge in [0.15, 0.2) is 0 Å². The van der Waals surface area contributed by atoms with Crippen LogP contribution in [0.4, 0.5) is 0 Å². The lowest BCUT2D eigenvalue weighted by Gasteiger charge is -1.99. The highest BCUT2D eigenvalue weighted by Crippen LogP contribution is 2.09. The minimum absolute atomic E-state index is 0.412. The lowest BCUT2D eigenvalue weighted by Crippen LogP contribution is -2.02. The third kappa shape index (κ3) is 1.27. The molecule has 0 aliphatic heterocycles. The van der Waals surface area contributed by atoms with Crippen LogP contribution in [-0.4, -0.2) is 15.6 Å². The van der Waals surface area contributed by atoms with Gasteiger partial charge in [-0.05, 0) is 12.5 Å². The maximum Gasteiger partial charge on any atom is 0.337 e. The third-order valence-electron chi connectivity index (χ3n) is 1.77. The number of carbonyl (C=O) groups is 1. The molecule has 0 radical (unpaired) electrons. The molecule has 0 aromatic carbocycles. The van der Waals surface area contributed by atoms with Crippen LogP contribution < -0.4 is 0 Å². The molecule has 0 unspecified atom stereocenters. The normalized spacial score (nSPS) is 10.0. The van der Waals surface area contributed by atoms with Gasteiger partial charge in [0.25, 0.3) is 0 Å². The Labute approximate surface area is 65.3 Å². The fraction of sp³-hybridized carbons (Fsp3) is 0.375. The van der Waals surface area contributed by atoms with Crippen LogP contribution in [-0.2, 0) is 13.5 Å². The van der Waals surface area contributed by atoms with Crippen LogP contribution in [0.2, 0.25) is 0 Å². The molecular formula is C8H11NO2. The molecule has 0 amide bonds. The molecule has 3 nitrogen and oxygen atoms in total. The number of rotatable bonds is 2. The maximum absolute atomic E-state index is 10.6. The second-order valence-corrected chi connectivity index (χ2v) is 2.45. The third-order valence-corrected chi connectivity index (χ3v) is 1.77. The van der Waals surface area contributed by atoms with Crippen molar-refractivity contribution in [3.05, 3.63) is 23.5 Å². The number of carboxylic acid groups (broad SMARTS) is 1. The van der Waals surface area contributed by atoms with Crippen molar-refractivity contribution in [3.63, 3.8) is 0 Å². The van der Waals surface area contributed by atoms with Crippen LogP contribution >= 0.6 is 0 Å². The number of carboxylic acids is 1. The molecule has 0 saturated heterocycles. The predicted octanol–water partition coefficient (Wildman–Crippen LogP) is 1.29. The molecule has 0 aliphatic rings. The molecule has 1 rings (SSSR count). The molecule has 0 atom stereocenters. The van der Waals surface area contributed by atoms with Crippen molar-refractivity contribution in [2.24, 2.45) is 7.05 Å². The van der Waals surface area contributed by atoms with Crippen molar-refractivity contribution in [1.29, 1.82) is 0 Å². The second-order valence-electron chi connectivity index (χ2n) is 2.45. The molecule has 60 valence electrons. The maximum atomic E-state index is 10.6. The average molecular weight is 153 g/mol. The van der Waals surface area contributed by atoms with Crippen LogP contribution in [0.5, 0.6) is 0 Å². The second kappa shape index (κ2) is 2.78. The number of hydrogen-bond donors (Lipinski definition) is 1. The zero-order chi connectivity index (χ0) is 8.43. The Kier molecular flexibility index (Phi) is 1.98. The summed E-state index contributed by atoms with van der Waals surface area (Å²) in [5.74, 6) is -0.845. The molecule has 1 aromatic rings. The average Bonchev–Trinajstić information content (AvgIpc) is 2.30. The van der Waals surface area contributed by atoms with Gasteiger partial charge in [-0.15, -0.1) is 0 Å². The Hall–Kier alpha value is -1.25. The molecule has 11 heavy (non-hydrogen) atoms. The molecular weight excluding hydrogens is 142 g/mol. The lowest BCUT2D eigenvalue weighted by molar-refractivity contribution is 0.0695. The number of nitrogens with zero attached hydrogens (tertiary/aromatic N) is 1. The minimum atomic E-state index is -0.845. The van der Waals surface area contributed by atoms with E-state index in [4.69, 9.17) is 5.11 Å². The standard InChI is InChI=1S/C8H11NO2/c1-3-7-6(8(10)11)4-5-9(7)2/h4-5H,3H2,1-2H3,(H,10,11). The lowest BCUT2D eigenvalue weighted by atomic mass is 10.2. The first-order valence-electron chi connectivity index (χ1n) is 3.54. The van der Waals surface area contributed by atoms with E-state index in [0.717, 1.165) is 12.1 Å². The molecule has 1 N–H and O–H groups in total. The van der Waals surface area contributed by atoms with E-state index in [-0.39, 0.29) is 0 Å². The summed E-state index contributed by atoms with van der Waals surface area (Å²) in [6, 6.07) is 1.63. The fourth-order valence-corrected chi connectivity index (χ4v) is 1.20. The van der Waals surface area contributed by atoms with E-state index in [1.807, 2.05) is 18.5 Å². The number of aromatic nitrogens is 1. The Morgan fingerprint density at radius 1 is 1.73 bits per heavy atom. The summed E-state index contributed by atoms with van der Waals surface area (Å²) >= 11 is 0. The zero-order valence-electron chi connectivity index (χ0n) is 6.66. The van der Waals surface area contributed by atoms with Crippen molar-refractivity contribution in [2.45, 2.75) is 13.3 Å². The van der Waals surface area contributed by atoms with E-state index >= 15 is 0 Å². The Balaban J connectivity index is 3.15. The summed E-state index contributed by atoms with van der Waals surface area (Å²) in [5.41, 5.74) is 1.28. The van der Waals surface area contributed by atoms with Gasteiger partial charge in [-0.25, -0.2) is 4.79 Å². The van der Waals surface area contributed by atoms with Gasteiger partial charge in [0.05, 0.1) is 5.56 Å². The molecule has 0 fully saturated rings. The molecule has 1 aromatic heterocycles. The Morgan fingerprint density at radius 2 is 2.36 bits per heavy atom. The van der Waals surface area contributed by atoms with Crippen LogP contribution in [0, 0.1) is 0 Å². The van der Waals surface area contributed by atoms with Gasteiger partial charge in [0.1, 0.15) is 0 Å². The predicted molar refractivity (Wildman–Crippen MR) is 41.8 cm³/mol. The summed E-state index contributed by atoms with van der Waals surface area (Å²) in [4.78, 5) is 10.6. The summed E-state index contributed by atoms with van der Waals surface area (Å²) in [5, 5.41) is 8.70. The smallest absolute Gasteiger partial charge is 0.337 e. The first kappa shape index (κ1) is 7.85. The highest BCUT2D eigenvalue weighted by molar-refractivity contribution is 5.89. The summed E-state index contributed by atoms with van der Waals surface area (Å²) in [6.07, 6.45) is 2.52. The highest BCUT2D eigenvalue weighted by Gasteiger charge is 2.10. The quantitative estimate of drug-likeness (QED) is 0.695. The van der Waals surface area contributed by atoms with Gasteiger partial charge in [-0.3, -0.25) is 0 Å². The van der Waals surface area contributed by atoms with Gasteiger partial charge in [0.2, 0.25) is 0 Å². The number of aromatic carboxylic acids is 1. The number of hydrogen-bond acceptors (Lipinski definition) is 1. The van der Waals surface area contributed by atoms with Crippen molar-refractivity contribution in [2.75, 3.05) is 0 Å². The highest BCUT2D eigenvalue weighted by atomic mass is 16.4. The van der Waals surface area contributed by atoms with Crippen molar-refractivity contribution >= 4 is 5.97 Å². The van der Waals surface area contributed by atoms with Crippen molar-refractivity contribution in [3.8, 4) is 0 Å². The van der Waals surface area contributed by atoms with Crippen LogP contribution in [0.1, 0.15) is 23.0 Å². The van der Waals surface area contributed by atoms with Gasteiger partial charge in [0, 0.05) is 18.9 Å². The van der Waals surface area contributed by atoms with Crippen LogP contribution in [0.25, 0.3) is 0 Å². The van der Waals surface area contributed by atoms with Crippen molar-refractivity contribution in [1.82, 2.24) is 4.57 Å². The van der Waals surface area contributed by atoms with E-state index in [1.165, 1.54) is 0 Å². The SMILES string of the molecule is CCc1c(C(=O)O)ccn1C. The van der Waals surface area contributed by atoms with E-state index in [1.54, 1.807) is 12.3 Å². The molecule has 3 heteroatoms. The summed E-state index contributed by atoms with van der Waals surface area (Å²) in [7, 11) is 1.85. The van der Waals surface area contributed by atoms with E-state index in [0.29, 0.717) is 5.56 Å². The first-order chi connectivity index (χ1) is 5.16. The van der Waals surface area contributed by atoms with E-state index in [2.05, 4.69) is 0 Å². The monoisotopic (exact) mass is 153 g/mol. The van der Waals surface area contributed by atoms with E-state index < -0.39 is 5.97 Å².